The van der Waals surface area contributed by atoms with Crippen molar-refractivity contribution in [3.63, 3.8) is 0 Å². The Kier molecular flexibility index (Phi) is 5.17. The summed E-state index contributed by atoms with van der Waals surface area (Å²) in [6.07, 6.45) is 1.09. The smallest absolute Gasteiger partial charge is 0.276 e. The molecule has 7 nitrogen and oxygen atoms in total. The van der Waals surface area contributed by atoms with Crippen LogP contribution in [0.2, 0.25) is 0 Å². The molecule has 0 unspecified atom stereocenters. The van der Waals surface area contributed by atoms with E-state index in [0.717, 1.165) is 18.4 Å². The topological polar surface area (TPSA) is 106 Å². The van der Waals surface area contributed by atoms with Gasteiger partial charge in [0.2, 0.25) is 0 Å². The summed E-state index contributed by atoms with van der Waals surface area (Å²) in [6, 6.07) is 7.84. The molecule has 0 atom stereocenters. The van der Waals surface area contributed by atoms with E-state index >= 15 is 0 Å². The van der Waals surface area contributed by atoms with Gasteiger partial charge in [-0.1, -0.05) is 12.1 Å². The maximum atomic E-state index is 13.7. The van der Waals surface area contributed by atoms with Crippen molar-refractivity contribution in [1.29, 1.82) is 0 Å². The number of amides is 1. The predicted molar refractivity (Wildman–Crippen MR) is 88.5 cm³/mol. The highest BCUT2D eigenvalue weighted by atomic mass is 32.2. The van der Waals surface area contributed by atoms with Gasteiger partial charge >= 0.3 is 0 Å². The third-order valence-corrected chi connectivity index (χ3v) is 4.71. The molecule has 0 saturated heterocycles. The van der Waals surface area contributed by atoms with Gasteiger partial charge in [0.25, 0.3) is 11.6 Å². The van der Waals surface area contributed by atoms with Crippen LogP contribution in [-0.2, 0) is 16.4 Å². The minimum absolute atomic E-state index is 0.0617. The van der Waals surface area contributed by atoms with Crippen molar-refractivity contribution >= 4 is 21.4 Å². The Hall–Kier alpha value is -2.81. The first-order valence-electron chi connectivity index (χ1n) is 7.11. The van der Waals surface area contributed by atoms with Crippen LogP contribution >= 0.6 is 0 Å². The molecule has 0 aliphatic carbocycles. The molecule has 132 valence electrons. The molecule has 0 radical (unpaired) electrons. The molecule has 9 heteroatoms. The Bertz CT molecular complexity index is 940. The molecule has 2 aromatic carbocycles. The zero-order valence-electron chi connectivity index (χ0n) is 13.4. The van der Waals surface area contributed by atoms with Crippen molar-refractivity contribution in [2.24, 2.45) is 0 Å². The maximum absolute atomic E-state index is 13.7. The molecule has 1 N–H and O–H groups in total. The van der Waals surface area contributed by atoms with Crippen LogP contribution in [0, 0.1) is 22.9 Å². The van der Waals surface area contributed by atoms with Crippen molar-refractivity contribution < 1.29 is 22.5 Å². The lowest BCUT2D eigenvalue weighted by Gasteiger charge is -2.07. The second-order valence-corrected chi connectivity index (χ2v) is 7.47. The number of nitrogens with one attached hydrogen (secondary N) is 1. The quantitative estimate of drug-likeness (QED) is 0.646. The minimum atomic E-state index is -3.31. The number of rotatable bonds is 5. The van der Waals surface area contributed by atoms with Crippen molar-refractivity contribution in [3.05, 3.63) is 69.0 Å². The summed E-state index contributed by atoms with van der Waals surface area (Å²) < 4.78 is 36.5. The number of benzene rings is 2. The van der Waals surface area contributed by atoms with E-state index in [0.29, 0.717) is 5.56 Å². The highest BCUT2D eigenvalue weighted by Crippen LogP contribution is 2.22. The molecule has 0 aromatic heterocycles. The van der Waals surface area contributed by atoms with Crippen molar-refractivity contribution in [1.82, 2.24) is 5.32 Å². The lowest BCUT2D eigenvalue weighted by atomic mass is 10.1. The third-order valence-electron chi connectivity index (χ3n) is 3.58. The molecule has 1 amide bonds. The number of hydrogen-bond donors (Lipinski definition) is 1. The number of sulfone groups is 1. The van der Waals surface area contributed by atoms with Gasteiger partial charge in [-0.25, -0.2) is 12.8 Å². The summed E-state index contributed by atoms with van der Waals surface area (Å²) in [5, 5.41) is 13.4. The molecule has 0 heterocycles. The first kappa shape index (κ1) is 18.5. The lowest BCUT2D eigenvalue weighted by Crippen LogP contribution is -2.23. The molecule has 0 spiro atoms. The van der Waals surface area contributed by atoms with Crippen LogP contribution in [0.4, 0.5) is 10.1 Å². The normalized spacial score (nSPS) is 11.2. The first-order valence-corrected chi connectivity index (χ1v) is 9.00. The maximum Gasteiger partial charge on any atom is 0.276 e. The summed E-state index contributed by atoms with van der Waals surface area (Å²) in [5.74, 6) is -1.51. The van der Waals surface area contributed by atoms with E-state index < -0.39 is 32.2 Å². The van der Waals surface area contributed by atoms with Crippen LogP contribution in [0.25, 0.3) is 0 Å². The van der Waals surface area contributed by atoms with E-state index in [-0.39, 0.29) is 22.6 Å². The van der Waals surface area contributed by atoms with Gasteiger partial charge in [-0.3, -0.25) is 14.9 Å². The van der Waals surface area contributed by atoms with Gasteiger partial charge in [0.1, 0.15) is 5.82 Å². The largest absolute Gasteiger partial charge is 0.348 e. The monoisotopic (exact) mass is 366 g/mol. The summed E-state index contributed by atoms with van der Waals surface area (Å²) in [6.45, 7) is 1.32. The highest BCUT2D eigenvalue weighted by molar-refractivity contribution is 7.90. The Morgan fingerprint density at radius 3 is 2.36 bits per heavy atom. The lowest BCUT2D eigenvalue weighted by molar-refractivity contribution is -0.385. The van der Waals surface area contributed by atoms with E-state index in [1.54, 1.807) is 0 Å². The molecular formula is C16H15FN2O5S. The summed E-state index contributed by atoms with van der Waals surface area (Å²) in [7, 11) is -3.31. The summed E-state index contributed by atoms with van der Waals surface area (Å²) >= 11 is 0. The molecule has 2 rings (SSSR count). The fraction of sp³-hybridized carbons (Fsp3) is 0.188. The summed E-state index contributed by atoms with van der Waals surface area (Å²) in [5.41, 5.74) is -0.147. The fourth-order valence-corrected chi connectivity index (χ4v) is 2.75. The molecule has 2 aromatic rings. The predicted octanol–water partition coefficient (Wildman–Crippen LogP) is 2.38. The van der Waals surface area contributed by atoms with E-state index in [1.165, 1.54) is 31.2 Å². The van der Waals surface area contributed by atoms with Crippen LogP contribution < -0.4 is 5.32 Å². The van der Waals surface area contributed by atoms with Gasteiger partial charge in [-0.15, -0.1) is 0 Å². The van der Waals surface area contributed by atoms with E-state index in [4.69, 9.17) is 0 Å². The molecule has 0 fully saturated rings. The van der Waals surface area contributed by atoms with Gasteiger partial charge in [-0.2, -0.15) is 0 Å². The van der Waals surface area contributed by atoms with E-state index in [1.807, 2.05) is 0 Å². The van der Waals surface area contributed by atoms with Crippen LogP contribution in [-0.4, -0.2) is 25.5 Å². The second kappa shape index (κ2) is 6.98. The first-order chi connectivity index (χ1) is 11.6. The van der Waals surface area contributed by atoms with Crippen LogP contribution in [0.15, 0.2) is 41.3 Å². The van der Waals surface area contributed by atoms with Crippen LogP contribution in [0.5, 0.6) is 0 Å². The Morgan fingerprint density at radius 2 is 1.84 bits per heavy atom. The number of carbonyl (C=O) groups excluding carboxylic acids is 1. The van der Waals surface area contributed by atoms with Crippen molar-refractivity contribution in [3.8, 4) is 0 Å². The average molecular weight is 366 g/mol. The Labute approximate surface area is 143 Å². The van der Waals surface area contributed by atoms with Crippen LogP contribution in [0.3, 0.4) is 0 Å². The fourth-order valence-electron chi connectivity index (χ4n) is 2.12. The number of hydrogen-bond acceptors (Lipinski definition) is 5. The van der Waals surface area contributed by atoms with Crippen LogP contribution in [0.1, 0.15) is 21.5 Å². The Balaban J connectivity index is 2.14. The molecule has 0 aliphatic heterocycles. The van der Waals surface area contributed by atoms with E-state index in [2.05, 4.69) is 5.32 Å². The number of carbonyl (C=O) groups is 1. The number of halogens is 1. The minimum Gasteiger partial charge on any atom is -0.348 e. The van der Waals surface area contributed by atoms with Gasteiger partial charge in [0, 0.05) is 24.4 Å². The van der Waals surface area contributed by atoms with Gasteiger partial charge in [0.05, 0.1) is 15.4 Å². The van der Waals surface area contributed by atoms with Crippen molar-refractivity contribution in [2.45, 2.75) is 18.4 Å². The number of nitro groups is 1. The van der Waals surface area contributed by atoms with E-state index in [9.17, 15) is 27.7 Å². The van der Waals surface area contributed by atoms with Gasteiger partial charge in [-0.05, 0) is 30.7 Å². The zero-order chi connectivity index (χ0) is 18.8. The molecular weight excluding hydrogens is 351 g/mol. The van der Waals surface area contributed by atoms with Gasteiger partial charge < -0.3 is 5.32 Å². The standard InChI is InChI=1S/C16H15FN2O5S/c1-10-14(17)7-12(8-15(10)19(21)22)16(20)18-9-11-3-5-13(6-4-11)25(2,23)24/h3-8H,9H2,1-2H3,(H,18,20). The molecule has 0 aliphatic rings. The molecule has 0 bridgehead atoms. The van der Waals surface area contributed by atoms with Gasteiger partial charge in [0.15, 0.2) is 9.84 Å². The highest BCUT2D eigenvalue weighted by Gasteiger charge is 2.19. The number of nitro benzene ring substituents is 1. The SMILES string of the molecule is Cc1c(F)cc(C(=O)NCc2ccc(S(C)(=O)=O)cc2)cc1[N+](=O)[O-]. The third kappa shape index (κ3) is 4.38. The molecule has 25 heavy (non-hydrogen) atoms. The second-order valence-electron chi connectivity index (χ2n) is 5.46. The number of nitrogens with zero attached hydrogens (tertiary/aromatic N) is 1. The van der Waals surface area contributed by atoms with Crippen molar-refractivity contribution in [2.75, 3.05) is 6.26 Å². The zero-order valence-corrected chi connectivity index (χ0v) is 14.3. The Morgan fingerprint density at radius 1 is 1.24 bits per heavy atom. The summed E-state index contributed by atoms with van der Waals surface area (Å²) in [4.78, 5) is 22.4. The average Bonchev–Trinajstić information content (AvgIpc) is 2.54. The molecule has 0 saturated carbocycles.